The molecule has 1 N–H and O–H groups in total. The second kappa shape index (κ2) is 6.74. The SMILES string of the molecule is CC[C@@H]1CN(C)c2ccccc2CN1C(=O)C(=O)Nc1ccon1. The molecule has 1 aromatic heterocycles. The number of hydrogen-bond donors (Lipinski definition) is 1. The van der Waals surface area contributed by atoms with Crippen LogP contribution in [0, 0.1) is 0 Å². The lowest BCUT2D eigenvalue weighted by Gasteiger charge is -2.30. The molecule has 0 unspecified atom stereocenters. The second-order valence-corrected chi connectivity index (χ2v) is 5.84. The molecule has 1 atom stereocenters. The van der Waals surface area contributed by atoms with Gasteiger partial charge in [0.1, 0.15) is 6.26 Å². The fraction of sp³-hybridized carbons (Fsp3) is 0.353. The Balaban J connectivity index is 1.84. The van der Waals surface area contributed by atoms with Crippen molar-refractivity contribution in [2.45, 2.75) is 25.9 Å². The summed E-state index contributed by atoms with van der Waals surface area (Å²) in [5, 5.41) is 6.07. The van der Waals surface area contributed by atoms with Crippen molar-refractivity contribution in [3.05, 3.63) is 42.2 Å². The van der Waals surface area contributed by atoms with Crippen molar-refractivity contribution in [1.82, 2.24) is 10.1 Å². The molecule has 1 aromatic carbocycles. The molecule has 1 aliphatic rings. The number of fused-ring (bicyclic) bond motifs is 1. The molecule has 126 valence electrons. The second-order valence-electron chi connectivity index (χ2n) is 5.84. The number of aromatic nitrogens is 1. The number of carbonyl (C=O) groups is 2. The van der Waals surface area contributed by atoms with Gasteiger partial charge in [-0.2, -0.15) is 0 Å². The first-order chi connectivity index (χ1) is 11.6. The Hall–Kier alpha value is -2.83. The molecule has 0 aliphatic carbocycles. The summed E-state index contributed by atoms with van der Waals surface area (Å²) < 4.78 is 4.67. The summed E-state index contributed by atoms with van der Waals surface area (Å²) in [7, 11) is 2.00. The average Bonchev–Trinajstić information content (AvgIpc) is 3.05. The molecule has 2 amide bonds. The van der Waals surface area contributed by atoms with Gasteiger partial charge in [-0.3, -0.25) is 14.9 Å². The van der Waals surface area contributed by atoms with Crippen LogP contribution in [-0.2, 0) is 16.1 Å². The maximum atomic E-state index is 12.7. The van der Waals surface area contributed by atoms with Crippen molar-refractivity contribution in [1.29, 1.82) is 0 Å². The van der Waals surface area contributed by atoms with Crippen LogP contribution in [0.2, 0.25) is 0 Å². The third-order valence-electron chi connectivity index (χ3n) is 4.27. The van der Waals surface area contributed by atoms with Gasteiger partial charge in [-0.25, -0.2) is 0 Å². The Labute approximate surface area is 140 Å². The van der Waals surface area contributed by atoms with E-state index in [1.54, 1.807) is 4.90 Å². The van der Waals surface area contributed by atoms with Gasteiger partial charge in [-0.15, -0.1) is 0 Å². The monoisotopic (exact) mass is 328 g/mol. The standard InChI is InChI=1S/C17H20N4O3/c1-3-13-11-20(2)14-7-5-4-6-12(14)10-21(13)17(23)16(22)18-15-8-9-24-19-15/h4-9,13H,3,10-11H2,1-2H3,(H,18,19,22)/t13-/m1/s1. The number of rotatable bonds is 2. The van der Waals surface area contributed by atoms with Gasteiger partial charge in [0.2, 0.25) is 0 Å². The summed E-state index contributed by atoms with van der Waals surface area (Å²) in [5.41, 5.74) is 2.11. The average molecular weight is 328 g/mol. The van der Waals surface area contributed by atoms with Crippen molar-refractivity contribution in [2.75, 3.05) is 23.8 Å². The fourth-order valence-electron chi connectivity index (χ4n) is 3.01. The summed E-state index contributed by atoms with van der Waals surface area (Å²) in [5.74, 6) is -1.03. The van der Waals surface area contributed by atoms with E-state index in [9.17, 15) is 9.59 Å². The number of carbonyl (C=O) groups excluding carboxylic acids is 2. The van der Waals surface area contributed by atoms with Gasteiger partial charge in [0.25, 0.3) is 0 Å². The molecule has 3 rings (SSSR count). The van der Waals surface area contributed by atoms with Gasteiger partial charge in [-0.1, -0.05) is 30.3 Å². The molecule has 24 heavy (non-hydrogen) atoms. The number of nitrogens with zero attached hydrogens (tertiary/aromatic N) is 3. The van der Waals surface area contributed by atoms with Crippen molar-refractivity contribution in [3.8, 4) is 0 Å². The molecule has 0 fully saturated rings. The molecule has 0 radical (unpaired) electrons. The highest BCUT2D eigenvalue weighted by Crippen LogP contribution is 2.27. The van der Waals surface area contributed by atoms with E-state index >= 15 is 0 Å². The number of para-hydroxylation sites is 1. The lowest BCUT2D eigenvalue weighted by molar-refractivity contribution is -0.145. The first-order valence-corrected chi connectivity index (χ1v) is 7.91. The van der Waals surface area contributed by atoms with Crippen molar-refractivity contribution in [3.63, 3.8) is 0 Å². The molecular formula is C17H20N4O3. The van der Waals surface area contributed by atoms with Gasteiger partial charge in [0, 0.05) is 37.9 Å². The van der Waals surface area contributed by atoms with E-state index < -0.39 is 11.8 Å². The molecule has 0 saturated heterocycles. The Morgan fingerprint density at radius 2 is 2.12 bits per heavy atom. The summed E-state index contributed by atoms with van der Waals surface area (Å²) in [6.07, 6.45) is 2.10. The van der Waals surface area contributed by atoms with Crippen LogP contribution in [0.1, 0.15) is 18.9 Å². The molecule has 0 bridgehead atoms. The van der Waals surface area contributed by atoms with E-state index in [1.807, 2.05) is 38.2 Å². The van der Waals surface area contributed by atoms with E-state index in [0.29, 0.717) is 13.1 Å². The van der Waals surface area contributed by atoms with E-state index in [2.05, 4.69) is 19.9 Å². The molecule has 7 nitrogen and oxygen atoms in total. The molecule has 0 spiro atoms. The van der Waals surface area contributed by atoms with Crippen LogP contribution in [0.15, 0.2) is 41.1 Å². The molecule has 2 aromatic rings. The van der Waals surface area contributed by atoms with Crippen LogP contribution in [-0.4, -0.2) is 41.5 Å². The third-order valence-corrected chi connectivity index (χ3v) is 4.27. The zero-order valence-corrected chi connectivity index (χ0v) is 13.7. The van der Waals surface area contributed by atoms with Gasteiger partial charge in [-0.05, 0) is 18.1 Å². The number of likely N-dealkylation sites (N-methyl/N-ethyl adjacent to an activating group) is 1. The van der Waals surface area contributed by atoms with Crippen molar-refractivity contribution < 1.29 is 14.1 Å². The van der Waals surface area contributed by atoms with Crippen LogP contribution in [0.5, 0.6) is 0 Å². The fourth-order valence-corrected chi connectivity index (χ4v) is 3.01. The summed E-state index contributed by atoms with van der Waals surface area (Å²) in [6.45, 7) is 3.10. The maximum absolute atomic E-state index is 12.7. The minimum Gasteiger partial charge on any atom is -0.372 e. The lowest BCUT2D eigenvalue weighted by atomic mass is 10.1. The highest BCUT2D eigenvalue weighted by Gasteiger charge is 2.32. The Kier molecular flexibility index (Phi) is 4.50. The first-order valence-electron chi connectivity index (χ1n) is 7.91. The predicted octanol–water partition coefficient (Wildman–Crippen LogP) is 1.87. The van der Waals surface area contributed by atoms with Crippen LogP contribution < -0.4 is 10.2 Å². The molecule has 7 heteroatoms. The van der Waals surface area contributed by atoms with E-state index in [-0.39, 0.29) is 11.9 Å². The van der Waals surface area contributed by atoms with Crippen LogP contribution in [0.25, 0.3) is 0 Å². The number of hydrogen-bond acceptors (Lipinski definition) is 5. The quantitative estimate of drug-likeness (QED) is 0.852. The first kappa shape index (κ1) is 16.0. The maximum Gasteiger partial charge on any atom is 0.315 e. The van der Waals surface area contributed by atoms with Crippen LogP contribution >= 0.6 is 0 Å². The predicted molar refractivity (Wildman–Crippen MR) is 89.5 cm³/mol. The number of anilines is 2. The summed E-state index contributed by atoms with van der Waals surface area (Å²) >= 11 is 0. The molecule has 1 aliphatic heterocycles. The van der Waals surface area contributed by atoms with Crippen molar-refractivity contribution in [2.24, 2.45) is 0 Å². The van der Waals surface area contributed by atoms with Gasteiger partial charge in [0.05, 0.1) is 0 Å². The normalized spacial score (nSPS) is 17.2. The minimum atomic E-state index is -0.704. The largest absolute Gasteiger partial charge is 0.372 e. The molecule has 2 heterocycles. The molecule has 0 saturated carbocycles. The van der Waals surface area contributed by atoms with Gasteiger partial charge >= 0.3 is 11.8 Å². The van der Waals surface area contributed by atoms with Gasteiger partial charge in [0.15, 0.2) is 5.82 Å². The highest BCUT2D eigenvalue weighted by atomic mass is 16.5. The summed E-state index contributed by atoms with van der Waals surface area (Å²) in [4.78, 5) is 28.7. The lowest BCUT2D eigenvalue weighted by Crippen LogP contribution is -2.47. The summed E-state index contributed by atoms with van der Waals surface area (Å²) in [6, 6.07) is 9.39. The van der Waals surface area contributed by atoms with E-state index in [4.69, 9.17) is 0 Å². The third kappa shape index (κ3) is 3.10. The van der Waals surface area contributed by atoms with Crippen LogP contribution in [0.4, 0.5) is 11.5 Å². The zero-order valence-electron chi connectivity index (χ0n) is 13.7. The Morgan fingerprint density at radius 3 is 2.83 bits per heavy atom. The zero-order chi connectivity index (χ0) is 17.1. The van der Waals surface area contributed by atoms with Crippen LogP contribution in [0.3, 0.4) is 0 Å². The van der Waals surface area contributed by atoms with E-state index in [0.717, 1.165) is 17.7 Å². The Morgan fingerprint density at radius 1 is 1.33 bits per heavy atom. The Bertz CT molecular complexity index is 729. The number of amides is 2. The topological polar surface area (TPSA) is 78.7 Å². The van der Waals surface area contributed by atoms with Gasteiger partial charge < -0.3 is 14.3 Å². The van der Waals surface area contributed by atoms with Crippen molar-refractivity contribution >= 4 is 23.3 Å². The smallest absolute Gasteiger partial charge is 0.315 e. The number of nitrogens with one attached hydrogen (secondary N) is 1. The molecular weight excluding hydrogens is 308 g/mol. The highest BCUT2D eigenvalue weighted by molar-refractivity contribution is 6.39. The minimum absolute atomic E-state index is 0.0436. The van der Waals surface area contributed by atoms with E-state index in [1.165, 1.54) is 12.3 Å². The number of benzene rings is 1.